The van der Waals surface area contributed by atoms with Crippen LogP contribution in [0.15, 0.2) is 36.4 Å². The topological polar surface area (TPSA) is 127 Å². The molecule has 31 heavy (non-hydrogen) atoms. The van der Waals surface area contributed by atoms with Crippen molar-refractivity contribution in [3.05, 3.63) is 47.5 Å². The molecule has 1 aliphatic carbocycles. The second kappa shape index (κ2) is 10.0. The maximum absolute atomic E-state index is 10.6. The van der Waals surface area contributed by atoms with Crippen molar-refractivity contribution in [3.8, 4) is 11.1 Å². The van der Waals surface area contributed by atoms with Gasteiger partial charge in [0.15, 0.2) is 0 Å². The number of alkyl halides is 6. The van der Waals surface area contributed by atoms with Gasteiger partial charge in [-0.3, -0.25) is 0 Å². The monoisotopic (exact) mass is 452 g/mol. The number of carbonyl (C=O) groups is 2. The molecule has 0 heterocycles. The van der Waals surface area contributed by atoms with Crippen LogP contribution >= 0.6 is 0 Å². The molecular formula is C19H18F6N2O4. The largest absolute Gasteiger partial charge is 0.490 e. The van der Waals surface area contributed by atoms with Crippen molar-refractivity contribution in [2.45, 2.75) is 31.6 Å². The third-order valence-corrected chi connectivity index (χ3v) is 3.93. The van der Waals surface area contributed by atoms with Crippen molar-refractivity contribution in [1.82, 2.24) is 0 Å². The summed E-state index contributed by atoms with van der Waals surface area (Å²) in [5.41, 5.74) is 18.7. The molecule has 0 aliphatic heterocycles. The van der Waals surface area contributed by atoms with Gasteiger partial charge in [0.05, 0.1) is 0 Å². The van der Waals surface area contributed by atoms with E-state index in [-0.39, 0.29) is 0 Å². The van der Waals surface area contributed by atoms with E-state index in [2.05, 4.69) is 24.3 Å². The Labute approximate surface area is 172 Å². The fourth-order valence-electron chi connectivity index (χ4n) is 2.64. The molecule has 0 unspecified atom stereocenters. The van der Waals surface area contributed by atoms with Crippen LogP contribution in [0.1, 0.15) is 17.5 Å². The Morgan fingerprint density at radius 2 is 1.00 bits per heavy atom. The molecule has 0 saturated heterocycles. The first-order chi connectivity index (χ1) is 14.1. The van der Waals surface area contributed by atoms with Gasteiger partial charge in [-0.25, -0.2) is 9.59 Å². The Hall–Kier alpha value is -3.44. The maximum atomic E-state index is 10.6. The van der Waals surface area contributed by atoms with Gasteiger partial charge in [-0.05, 0) is 65.8 Å². The Morgan fingerprint density at radius 1 is 0.710 bits per heavy atom. The van der Waals surface area contributed by atoms with Gasteiger partial charge < -0.3 is 21.7 Å². The van der Waals surface area contributed by atoms with Crippen LogP contribution in [0.25, 0.3) is 11.1 Å². The first-order valence-corrected chi connectivity index (χ1v) is 8.50. The lowest BCUT2D eigenvalue weighted by atomic mass is 9.96. The Morgan fingerprint density at radius 3 is 1.26 bits per heavy atom. The van der Waals surface area contributed by atoms with Gasteiger partial charge in [0.2, 0.25) is 0 Å². The molecule has 0 fully saturated rings. The van der Waals surface area contributed by atoms with Gasteiger partial charge in [0, 0.05) is 11.4 Å². The highest BCUT2D eigenvalue weighted by Crippen LogP contribution is 2.34. The molecule has 0 amide bonds. The number of anilines is 2. The zero-order chi connectivity index (χ0) is 24.0. The molecule has 0 saturated carbocycles. The van der Waals surface area contributed by atoms with E-state index in [1.165, 1.54) is 22.3 Å². The second-order valence-electron chi connectivity index (χ2n) is 6.29. The van der Waals surface area contributed by atoms with Crippen LogP contribution in [-0.4, -0.2) is 34.5 Å². The summed E-state index contributed by atoms with van der Waals surface area (Å²) in [5.74, 6) is -5.51. The van der Waals surface area contributed by atoms with Crippen LogP contribution < -0.4 is 11.5 Å². The maximum Gasteiger partial charge on any atom is 0.490 e. The average Bonchev–Trinajstić information content (AvgIpc) is 2.79. The fraction of sp³-hybridized carbons (Fsp3) is 0.263. The number of fused-ring (bicyclic) bond motifs is 3. The van der Waals surface area contributed by atoms with Crippen molar-refractivity contribution in [2.75, 3.05) is 11.5 Å². The average molecular weight is 452 g/mol. The Kier molecular flexibility index (Phi) is 8.29. The molecule has 3 rings (SSSR count). The quantitative estimate of drug-likeness (QED) is 0.349. The highest BCUT2D eigenvalue weighted by molar-refractivity contribution is 5.75. The molecule has 0 bridgehead atoms. The molecule has 170 valence electrons. The first-order valence-electron chi connectivity index (χ1n) is 8.50. The third kappa shape index (κ3) is 8.07. The highest BCUT2D eigenvalue weighted by atomic mass is 19.4. The van der Waals surface area contributed by atoms with E-state index < -0.39 is 24.3 Å². The fourth-order valence-corrected chi connectivity index (χ4v) is 2.64. The third-order valence-electron chi connectivity index (χ3n) is 3.93. The molecule has 6 nitrogen and oxygen atoms in total. The lowest BCUT2D eigenvalue weighted by Gasteiger charge is -2.10. The van der Waals surface area contributed by atoms with E-state index in [4.69, 9.17) is 31.3 Å². The lowest BCUT2D eigenvalue weighted by molar-refractivity contribution is -0.193. The number of rotatable bonds is 0. The molecule has 0 spiro atoms. The number of carboxylic acid groups (broad SMARTS) is 2. The summed E-state index contributed by atoms with van der Waals surface area (Å²) >= 11 is 0. The molecule has 0 atom stereocenters. The minimum absolute atomic E-state index is 0.850. The van der Waals surface area contributed by atoms with Crippen LogP contribution in [0.4, 0.5) is 37.7 Å². The smallest absolute Gasteiger partial charge is 0.475 e. The van der Waals surface area contributed by atoms with E-state index in [9.17, 15) is 26.3 Å². The van der Waals surface area contributed by atoms with Crippen LogP contribution in [-0.2, 0) is 22.4 Å². The number of carboxylic acids is 2. The highest BCUT2D eigenvalue weighted by Gasteiger charge is 2.38. The summed E-state index contributed by atoms with van der Waals surface area (Å²) in [6.45, 7) is 0. The van der Waals surface area contributed by atoms with Gasteiger partial charge in [0.25, 0.3) is 0 Å². The normalized spacial score (nSPS) is 12.6. The second-order valence-corrected chi connectivity index (χ2v) is 6.29. The number of halogens is 6. The van der Waals surface area contributed by atoms with E-state index >= 15 is 0 Å². The van der Waals surface area contributed by atoms with E-state index in [1.807, 2.05) is 12.1 Å². The van der Waals surface area contributed by atoms with Crippen LogP contribution in [0, 0.1) is 0 Å². The summed E-state index contributed by atoms with van der Waals surface area (Å²) in [4.78, 5) is 17.8. The van der Waals surface area contributed by atoms with Crippen molar-refractivity contribution in [3.63, 3.8) is 0 Å². The van der Waals surface area contributed by atoms with E-state index in [0.29, 0.717) is 0 Å². The molecule has 2 aromatic rings. The van der Waals surface area contributed by atoms with Crippen molar-refractivity contribution in [1.29, 1.82) is 0 Å². The van der Waals surface area contributed by atoms with Crippen molar-refractivity contribution in [2.24, 2.45) is 0 Å². The SMILES string of the molecule is Nc1ccc2c(c1)CCCc1cc(N)ccc1-2.O=C(O)C(F)(F)F.O=C(O)C(F)(F)F. The summed E-state index contributed by atoms with van der Waals surface area (Å²) in [6.07, 6.45) is -6.82. The van der Waals surface area contributed by atoms with Crippen molar-refractivity contribution >= 4 is 23.3 Å². The molecule has 6 N–H and O–H groups in total. The van der Waals surface area contributed by atoms with Crippen LogP contribution in [0.5, 0.6) is 0 Å². The molecule has 2 aromatic carbocycles. The number of nitrogens with two attached hydrogens (primary N) is 2. The minimum atomic E-state index is -5.08. The van der Waals surface area contributed by atoms with Gasteiger partial charge in [0.1, 0.15) is 0 Å². The van der Waals surface area contributed by atoms with Gasteiger partial charge in [-0.2, -0.15) is 26.3 Å². The van der Waals surface area contributed by atoms with Crippen molar-refractivity contribution < 1.29 is 46.1 Å². The number of nitrogen functional groups attached to an aromatic ring is 2. The van der Waals surface area contributed by atoms with Crippen LogP contribution in [0.3, 0.4) is 0 Å². The van der Waals surface area contributed by atoms with Crippen LogP contribution in [0.2, 0.25) is 0 Å². The Balaban J connectivity index is 0.000000288. The molecule has 0 radical (unpaired) electrons. The summed E-state index contributed by atoms with van der Waals surface area (Å²) in [5, 5.41) is 14.2. The standard InChI is InChI=1S/C15H16N2.2C2HF3O2/c16-12-4-6-14-10(8-12)2-1-3-11-9-13(17)5-7-15(11)14;2*3-2(4,5)1(6)7/h4-9H,1-3,16-17H2;2*(H,6,7). The number of hydrogen-bond acceptors (Lipinski definition) is 4. The summed E-state index contributed by atoms with van der Waals surface area (Å²) in [7, 11) is 0. The van der Waals surface area contributed by atoms with Gasteiger partial charge in [-0.1, -0.05) is 12.1 Å². The molecule has 0 aromatic heterocycles. The molecule has 1 aliphatic rings. The number of benzene rings is 2. The first kappa shape index (κ1) is 25.6. The predicted octanol–water partition coefficient (Wildman–Crippen LogP) is 4.27. The van der Waals surface area contributed by atoms with E-state index in [0.717, 1.165) is 30.6 Å². The zero-order valence-electron chi connectivity index (χ0n) is 15.7. The minimum Gasteiger partial charge on any atom is -0.475 e. The lowest BCUT2D eigenvalue weighted by Crippen LogP contribution is -2.21. The number of hydrogen-bond donors (Lipinski definition) is 4. The predicted molar refractivity (Wildman–Crippen MR) is 100 cm³/mol. The number of aryl methyl sites for hydroxylation is 2. The zero-order valence-corrected chi connectivity index (χ0v) is 15.7. The molecular weight excluding hydrogens is 434 g/mol. The Bertz CT molecular complexity index is 866. The van der Waals surface area contributed by atoms with Gasteiger partial charge >= 0.3 is 24.3 Å². The molecule has 12 heteroatoms. The summed E-state index contributed by atoms with van der Waals surface area (Å²) < 4.78 is 63.5. The van der Waals surface area contributed by atoms with Gasteiger partial charge in [-0.15, -0.1) is 0 Å². The number of aliphatic carboxylic acids is 2. The van der Waals surface area contributed by atoms with E-state index in [1.54, 1.807) is 0 Å². The summed E-state index contributed by atoms with van der Waals surface area (Å²) in [6, 6.07) is 12.4.